The minimum absolute atomic E-state index is 0.00261. The van der Waals surface area contributed by atoms with Crippen molar-refractivity contribution in [3.05, 3.63) is 88.4 Å². The molecule has 8 nitrogen and oxygen atoms in total. The zero-order chi connectivity index (χ0) is 29.4. The van der Waals surface area contributed by atoms with E-state index in [1.54, 1.807) is 49.4 Å². The summed E-state index contributed by atoms with van der Waals surface area (Å²) in [5, 5.41) is 3.45. The molecule has 0 aliphatic heterocycles. The summed E-state index contributed by atoms with van der Waals surface area (Å²) in [7, 11) is -2.76. The fourth-order valence-electron chi connectivity index (χ4n) is 3.90. The second kappa shape index (κ2) is 13.9. The van der Waals surface area contributed by atoms with Crippen LogP contribution in [-0.4, -0.2) is 51.4 Å². The van der Waals surface area contributed by atoms with E-state index in [0.29, 0.717) is 22.9 Å². The zero-order valence-corrected chi connectivity index (χ0v) is 25.1. The number of methoxy groups -OCH3 is 1. The Hall–Kier alpha value is -3.27. The molecule has 11 heteroatoms. The molecular weight excluding hydrogens is 573 g/mol. The highest BCUT2D eigenvalue weighted by atomic mass is 35.5. The maximum Gasteiger partial charge on any atom is 0.264 e. The van der Waals surface area contributed by atoms with Gasteiger partial charge < -0.3 is 15.0 Å². The summed E-state index contributed by atoms with van der Waals surface area (Å²) >= 11 is 12.7. The normalized spacial score (nSPS) is 12.1. The van der Waals surface area contributed by atoms with Crippen LogP contribution in [0.15, 0.2) is 77.7 Å². The third-order valence-electron chi connectivity index (χ3n) is 6.18. The highest BCUT2D eigenvalue weighted by molar-refractivity contribution is 7.92. The van der Waals surface area contributed by atoms with Crippen molar-refractivity contribution in [3.63, 3.8) is 0 Å². The van der Waals surface area contributed by atoms with E-state index in [0.717, 1.165) is 4.31 Å². The van der Waals surface area contributed by atoms with Crippen molar-refractivity contribution < 1.29 is 22.7 Å². The van der Waals surface area contributed by atoms with Crippen molar-refractivity contribution in [1.29, 1.82) is 0 Å². The Morgan fingerprint density at radius 1 is 0.925 bits per heavy atom. The van der Waals surface area contributed by atoms with Crippen molar-refractivity contribution in [1.82, 2.24) is 10.2 Å². The number of ether oxygens (including phenoxy) is 1. The number of nitrogens with one attached hydrogen (secondary N) is 1. The average Bonchev–Trinajstić information content (AvgIpc) is 2.94. The van der Waals surface area contributed by atoms with Crippen LogP contribution in [0.4, 0.5) is 5.69 Å². The highest BCUT2D eigenvalue weighted by Gasteiger charge is 2.33. The fraction of sp³-hybridized carbons (Fsp3) is 0.310. The summed E-state index contributed by atoms with van der Waals surface area (Å²) in [6.07, 6.45) is 0. The smallest absolute Gasteiger partial charge is 0.264 e. The molecule has 0 aliphatic rings. The molecule has 3 rings (SSSR count). The fourth-order valence-corrected chi connectivity index (χ4v) is 5.78. The van der Waals surface area contributed by atoms with Crippen molar-refractivity contribution in [2.24, 2.45) is 5.92 Å². The molecule has 40 heavy (non-hydrogen) atoms. The van der Waals surface area contributed by atoms with Crippen LogP contribution in [-0.2, 0) is 26.2 Å². The van der Waals surface area contributed by atoms with Crippen LogP contribution in [0.2, 0.25) is 10.0 Å². The van der Waals surface area contributed by atoms with E-state index in [9.17, 15) is 18.0 Å². The Morgan fingerprint density at radius 3 is 2.17 bits per heavy atom. The van der Waals surface area contributed by atoms with Crippen LogP contribution < -0.4 is 14.4 Å². The predicted molar refractivity (Wildman–Crippen MR) is 158 cm³/mol. The van der Waals surface area contributed by atoms with Gasteiger partial charge in [0.2, 0.25) is 11.8 Å². The lowest BCUT2D eigenvalue weighted by Crippen LogP contribution is -2.51. The molecule has 1 N–H and O–H groups in total. The van der Waals surface area contributed by atoms with E-state index in [1.165, 1.54) is 42.3 Å². The number of nitrogens with zero attached hydrogens (tertiary/aromatic N) is 2. The standard InChI is InChI=1S/C29H33Cl2N3O5S/c1-20(2)17-32-29(36)21(3)33(18-22-10-8-9-13-25(22)30)28(35)19-34(23-14-15-27(39-4)26(31)16-23)40(37,38)24-11-6-5-7-12-24/h5-16,20-21H,17-19H2,1-4H3,(H,32,36)/t21-/m0/s1. The molecule has 0 bridgehead atoms. The van der Waals surface area contributed by atoms with Crippen LogP contribution in [0.1, 0.15) is 26.3 Å². The lowest BCUT2D eigenvalue weighted by Gasteiger charge is -2.32. The topological polar surface area (TPSA) is 96.0 Å². The van der Waals surface area contributed by atoms with E-state index >= 15 is 0 Å². The lowest BCUT2D eigenvalue weighted by molar-refractivity contribution is -0.139. The quantitative estimate of drug-likeness (QED) is 0.299. The van der Waals surface area contributed by atoms with Crippen molar-refractivity contribution in [3.8, 4) is 5.75 Å². The van der Waals surface area contributed by atoms with Crippen LogP contribution >= 0.6 is 23.2 Å². The number of anilines is 1. The number of hydrogen-bond donors (Lipinski definition) is 1. The number of amides is 2. The van der Waals surface area contributed by atoms with Crippen LogP contribution in [0.5, 0.6) is 5.75 Å². The molecule has 0 radical (unpaired) electrons. The number of halogens is 2. The number of hydrogen-bond acceptors (Lipinski definition) is 5. The maximum atomic E-state index is 14.0. The molecular formula is C29H33Cl2N3O5S. The minimum Gasteiger partial charge on any atom is -0.495 e. The van der Waals surface area contributed by atoms with Gasteiger partial charge in [-0.05, 0) is 54.8 Å². The van der Waals surface area contributed by atoms with Gasteiger partial charge in [0.05, 0.1) is 22.7 Å². The highest BCUT2D eigenvalue weighted by Crippen LogP contribution is 2.32. The summed E-state index contributed by atoms with van der Waals surface area (Å²) < 4.78 is 33.9. The minimum atomic E-state index is -4.21. The monoisotopic (exact) mass is 605 g/mol. The third-order valence-corrected chi connectivity index (χ3v) is 8.64. The van der Waals surface area contributed by atoms with Crippen molar-refractivity contribution in [2.75, 3.05) is 24.5 Å². The van der Waals surface area contributed by atoms with Gasteiger partial charge in [0.1, 0.15) is 18.3 Å². The molecule has 3 aromatic carbocycles. The summed E-state index contributed by atoms with van der Waals surface area (Å²) in [6.45, 7) is 5.36. The number of sulfonamides is 1. The Bertz CT molecular complexity index is 1430. The first-order chi connectivity index (χ1) is 18.9. The first kappa shape index (κ1) is 31.3. The molecule has 0 fully saturated rings. The largest absolute Gasteiger partial charge is 0.495 e. The third kappa shape index (κ3) is 7.68. The molecule has 0 saturated heterocycles. The Balaban J connectivity index is 2.05. The Kier molecular flexibility index (Phi) is 10.8. The van der Waals surface area contributed by atoms with Crippen LogP contribution in [0.25, 0.3) is 0 Å². The average molecular weight is 607 g/mol. The second-order valence-electron chi connectivity index (χ2n) is 9.57. The summed E-state index contributed by atoms with van der Waals surface area (Å²) in [4.78, 5) is 28.3. The SMILES string of the molecule is COc1ccc(N(CC(=O)N(Cc2ccccc2Cl)[C@@H](C)C(=O)NCC(C)C)S(=O)(=O)c2ccccc2)cc1Cl. The first-order valence-electron chi connectivity index (χ1n) is 12.7. The number of carbonyl (C=O) groups excluding carboxylic acids is 2. The van der Waals surface area contributed by atoms with Crippen LogP contribution in [0.3, 0.4) is 0 Å². The van der Waals surface area contributed by atoms with Gasteiger partial charge in [0.15, 0.2) is 0 Å². The predicted octanol–water partition coefficient (Wildman–Crippen LogP) is 5.39. The second-order valence-corrected chi connectivity index (χ2v) is 12.2. The van der Waals surface area contributed by atoms with E-state index < -0.39 is 28.5 Å². The van der Waals surface area contributed by atoms with Crippen LogP contribution in [0, 0.1) is 5.92 Å². The van der Waals surface area contributed by atoms with Gasteiger partial charge >= 0.3 is 0 Å². The molecule has 0 aromatic heterocycles. The van der Waals surface area contributed by atoms with Gasteiger partial charge in [-0.3, -0.25) is 13.9 Å². The number of carbonyl (C=O) groups is 2. The molecule has 0 saturated carbocycles. The molecule has 0 unspecified atom stereocenters. The lowest BCUT2D eigenvalue weighted by atomic mass is 10.1. The van der Waals surface area contributed by atoms with Gasteiger partial charge in [-0.25, -0.2) is 8.42 Å². The van der Waals surface area contributed by atoms with Gasteiger partial charge in [-0.2, -0.15) is 0 Å². The molecule has 0 heterocycles. The first-order valence-corrected chi connectivity index (χ1v) is 14.9. The van der Waals surface area contributed by atoms with E-state index in [1.807, 2.05) is 13.8 Å². The Morgan fingerprint density at radius 2 is 1.57 bits per heavy atom. The summed E-state index contributed by atoms with van der Waals surface area (Å²) in [5.41, 5.74) is 0.781. The van der Waals surface area contributed by atoms with Crippen molar-refractivity contribution >= 4 is 50.7 Å². The van der Waals surface area contributed by atoms with E-state index in [-0.39, 0.29) is 34.0 Å². The molecule has 214 valence electrons. The van der Waals surface area contributed by atoms with Gasteiger partial charge in [0.25, 0.3) is 10.0 Å². The van der Waals surface area contributed by atoms with Gasteiger partial charge in [-0.1, -0.05) is 73.4 Å². The molecule has 0 aliphatic carbocycles. The molecule has 0 spiro atoms. The van der Waals surface area contributed by atoms with Crippen molar-refractivity contribution in [2.45, 2.75) is 38.3 Å². The summed E-state index contributed by atoms with van der Waals surface area (Å²) in [5.74, 6) is -0.405. The van der Waals surface area contributed by atoms with Gasteiger partial charge in [0, 0.05) is 18.1 Å². The number of rotatable bonds is 12. The molecule has 3 aromatic rings. The van der Waals surface area contributed by atoms with Gasteiger partial charge in [-0.15, -0.1) is 0 Å². The number of benzene rings is 3. The maximum absolute atomic E-state index is 14.0. The Labute approximate surface area is 245 Å². The molecule has 1 atom stereocenters. The summed E-state index contributed by atoms with van der Waals surface area (Å²) in [6, 6.07) is 18.3. The van der Waals surface area contributed by atoms with E-state index in [2.05, 4.69) is 5.32 Å². The molecule has 2 amide bonds. The zero-order valence-electron chi connectivity index (χ0n) is 22.8. The van der Waals surface area contributed by atoms with E-state index in [4.69, 9.17) is 27.9 Å².